The van der Waals surface area contributed by atoms with Gasteiger partial charge in [0, 0.05) is 37.1 Å². The van der Waals surface area contributed by atoms with Gasteiger partial charge in [0.25, 0.3) is 0 Å². The van der Waals surface area contributed by atoms with Crippen LogP contribution in [0.3, 0.4) is 0 Å². The lowest BCUT2D eigenvalue weighted by molar-refractivity contribution is -0.137. The Bertz CT molecular complexity index is 1730. The molecule has 240 valence electrons. The third-order valence-corrected chi connectivity index (χ3v) is 7.10. The van der Waals surface area contributed by atoms with Crippen LogP contribution in [0.1, 0.15) is 5.56 Å². The van der Waals surface area contributed by atoms with E-state index in [2.05, 4.69) is 37.4 Å². The normalized spacial score (nSPS) is 13.6. The summed E-state index contributed by atoms with van der Waals surface area (Å²) < 4.78 is 56.8. The van der Waals surface area contributed by atoms with E-state index in [1.165, 1.54) is 24.5 Å². The summed E-state index contributed by atoms with van der Waals surface area (Å²) >= 11 is 5.64. The van der Waals surface area contributed by atoms with Gasteiger partial charge in [0.2, 0.25) is 11.8 Å². The number of halogens is 4. The van der Waals surface area contributed by atoms with Crippen molar-refractivity contribution in [1.29, 1.82) is 0 Å². The lowest BCUT2D eigenvalue weighted by Gasteiger charge is -2.26. The van der Waals surface area contributed by atoms with Crippen molar-refractivity contribution >= 4 is 51.5 Å². The van der Waals surface area contributed by atoms with E-state index in [-0.39, 0.29) is 11.6 Å². The van der Waals surface area contributed by atoms with Crippen LogP contribution in [0.2, 0.25) is 5.02 Å². The Morgan fingerprint density at radius 3 is 2.43 bits per heavy atom. The number of alkyl halides is 3. The lowest BCUT2D eigenvalue weighted by Crippen LogP contribution is -2.38. The highest BCUT2D eigenvalue weighted by molar-refractivity contribution is 6.31. The molecule has 1 aliphatic heterocycles. The van der Waals surface area contributed by atoms with Crippen molar-refractivity contribution in [2.45, 2.75) is 6.18 Å². The van der Waals surface area contributed by atoms with Crippen molar-refractivity contribution in [1.82, 2.24) is 14.9 Å². The average molecular weight is 657 g/mol. The number of nitrogens with zero attached hydrogens (tertiary/aromatic N) is 3. The molecule has 3 amide bonds. The number of aromatic nitrogens is 2. The van der Waals surface area contributed by atoms with Gasteiger partial charge in [-0.2, -0.15) is 13.2 Å². The van der Waals surface area contributed by atoms with E-state index in [0.29, 0.717) is 60.1 Å². The van der Waals surface area contributed by atoms with Gasteiger partial charge < -0.3 is 30.2 Å². The number of rotatable bonds is 10. The Morgan fingerprint density at radius 2 is 1.72 bits per heavy atom. The summed E-state index contributed by atoms with van der Waals surface area (Å²) in [6, 6.07) is 11.9. The topological polar surface area (TPSA) is 127 Å². The number of nitrogens with one attached hydrogen (secondary N) is 3. The van der Waals surface area contributed by atoms with Gasteiger partial charge in [-0.25, -0.2) is 14.8 Å². The van der Waals surface area contributed by atoms with Crippen molar-refractivity contribution in [2.75, 3.05) is 55.4 Å². The average Bonchev–Trinajstić information content (AvgIpc) is 3.03. The SMILES string of the molecule is C=CC(=O)Nc1cc2c(Oc3ccc(NC(=O)Nc4ccc(Cl)c(C(F)(F)F)c4)cc3)ncnc2cc1OCCN1CCOCC1. The van der Waals surface area contributed by atoms with Crippen LogP contribution >= 0.6 is 11.6 Å². The Morgan fingerprint density at radius 1 is 1.00 bits per heavy atom. The fourth-order valence-electron chi connectivity index (χ4n) is 4.48. The minimum atomic E-state index is -4.67. The second kappa shape index (κ2) is 14.5. The number of hydrogen-bond donors (Lipinski definition) is 3. The first-order valence-electron chi connectivity index (χ1n) is 14.0. The van der Waals surface area contributed by atoms with Gasteiger partial charge in [0.05, 0.1) is 40.4 Å². The maximum atomic E-state index is 13.1. The largest absolute Gasteiger partial charge is 0.490 e. The first-order valence-corrected chi connectivity index (χ1v) is 14.3. The Kier molecular flexibility index (Phi) is 10.2. The summed E-state index contributed by atoms with van der Waals surface area (Å²) in [5, 5.41) is 7.66. The van der Waals surface area contributed by atoms with Crippen molar-refractivity contribution in [3.8, 4) is 17.4 Å². The molecule has 5 rings (SSSR count). The molecule has 0 spiro atoms. The first kappa shape index (κ1) is 32.5. The van der Waals surface area contributed by atoms with Crippen molar-refractivity contribution in [3.63, 3.8) is 0 Å². The molecule has 46 heavy (non-hydrogen) atoms. The van der Waals surface area contributed by atoms with Gasteiger partial charge in [-0.05, 0) is 54.6 Å². The molecule has 3 N–H and O–H groups in total. The van der Waals surface area contributed by atoms with Crippen LogP contribution in [0.25, 0.3) is 10.9 Å². The van der Waals surface area contributed by atoms with Crippen LogP contribution < -0.4 is 25.4 Å². The van der Waals surface area contributed by atoms with Crippen molar-refractivity contribution in [2.24, 2.45) is 0 Å². The van der Waals surface area contributed by atoms with E-state index in [9.17, 15) is 22.8 Å². The second-order valence-corrected chi connectivity index (χ2v) is 10.3. The number of hydrogen-bond acceptors (Lipinski definition) is 8. The molecular weight excluding hydrogens is 629 g/mol. The van der Waals surface area contributed by atoms with E-state index in [1.54, 1.807) is 24.3 Å². The van der Waals surface area contributed by atoms with E-state index < -0.39 is 28.7 Å². The highest BCUT2D eigenvalue weighted by Gasteiger charge is 2.33. The zero-order chi connectivity index (χ0) is 32.7. The van der Waals surface area contributed by atoms with Crippen LogP contribution in [0.4, 0.5) is 35.0 Å². The van der Waals surface area contributed by atoms with Crippen LogP contribution in [0.5, 0.6) is 17.4 Å². The number of fused-ring (bicyclic) bond motifs is 1. The molecule has 1 aliphatic rings. The number of amides is 3. The van der Waals surface area contributed by atoms with E-state index in [4.69, 9.17) is 25.8 Å². The van der Waals surface area contributed by atoms with Crippen LogP contribution in [-0.4, -0.2) is 66.3 Å². The summed E-state index contributed by atoms with van der Waals surface area (Å²) in [5.41, 5.74) is 0.0877. The van der Waals surface area contributed by atoms with Gasteiger partial charge in [0.15, 0.2) is 0 Å². The number of ether oxygens (including phenoxy) is 3. The fraction of sp³-hybridized carbons (Fsp3) is 0.226. The fourth-order valence-corrected chi connectivity index (χ4v) is 4.71. The molecule has 0 atom stereocenters. The molecule has 2 heterocycles. The predicted octanol–water partition coefficient (Wildman–Crippen LogP) is 6.57. The minimum Gasteiger partial charge on any atom is -0.490 e. The summed E-state index contributed by atoms with van der Waals surface area (Å²) in [6.45, 7) is 7.54. The number of carbonyl (C=O) groups is 2. The first-order chi connectivity index (χ1) is 22.1. The van der Waals surface area contributed by atoms with Crippen LogP contribution in [0.15, 0.2) is 73.6 Å². The number of urea groups is 1. The Hall–Kier alpha value is -4.92. The molecule has 0 unspecified atom stereocenters. The third kappa shape index (κ3) is 8.41. The molecular formula is C31H28ClF3N6O5. The number of morpholine rings is 1. The molecule has 0 saturated carbocycles. The molecule has 1 fully saturated rings. The van der Waals surface area contributed by atoms with Gasteiger partial charge in [-0.3, -0.25) is 9.69 Å². The summed E-state index contributed by atoms with van der Waals surface area (Å²) in [4.78, 5) is 35.4. The Labute approximate surface area is 266 Å². The monoisotopic (exact) mass is 656 g/mol. The van der Waals surface area contributed by atoms with Gasteiger partial charge in [-0.1, -0.05) is 18.2 Å². The van der Waals surface area contributed by atoms with Gasteiger partial charge in [-0.15, -0.1) is 0 Å². The van der Waals surface area contributed by atoms with Crippen molar-refractivity contribution < 1.29 is 37.0 Å². The molecule has 1 aromatic heterocycles. The molecule has 0 aliphatic carbocycles. The third-order valence-electron chi connectivity index (χ3n) is 6.77. The molecule has 3 aromatic carbocycles. The minimum absolute atomic E-state index is 0.0841. The molecule has 11 nitrogen and oxygen atoms in total. The van der Waals surface area contributed by atoms with E-state index in [1.807, 2.05) is 0 Å². The van der Waals surface area contributed by atoms with E-state index in [0.717, 1.165) is 31.3 Å². The summed E-state index contributed by atoms with van der Waals surface area (Å²) in [5.74, 6) is 0.546. The van der Waals surface area contributed by atoms with Crippen LogP contribution in [0, 0.1) is 0 Å². The smallest absolute Gasteiger partial charge is 0.417 e. The van der Waals surface area contributed by atoms with E-state index >= 15 is 0 Å². The van der Waals surface area contributed by atoms with Gasteiger partial charge >= 0.3 is 12.2 Å². The Balaban J connectivity index is 1.27. The number of benzene rings is 3. The highest BCUT2D eigenvalue weighted by atomic mass is 35.5. The predicted molar refractivity (Wildman–Crippen MR) is 167 cm³/mol. The second-order valence-electron chi connectivity index (χ2n) is 9.94. The number of anilines is 3. The molecule has 4 aromatic rings. The molecule has 15 heteroatoms. The van der Waals surface area contributed by atoms with Gasteiger partial charge in [0.1, 0.15) is 24.4 Å². The summed E-state index contributed by atoms with van der Waals surface area (Å²) in [6.07, 6.45) is -2.19. The molecule has 1 saturated heterocycles. The summed E-state index contributed by atoms with van der Waals surface area (Å²) in [7, 11) is 0. The van der Waals surface area contributed by atoms with Crippen molar-refractivity contribution in [3.05, 3.63) is 84.2 Å². The zero-order valence-electron chi connectivity index (χ0n) is 24.2. The molecule has 0 radical (unpaired) electrons. The standard InChI is InChI=1S/C31H28ClF3N6O5/c1-2-28(42)40-26-16-22-25(17-27(26)45-14-11-41-9-12-44-13-10-41)36-18-37-29(22)46-21-6-3-19(4-7-21)38-30(43)39-20-5-8-24(32)23(15-20)31(33,34)35/h2-8,15-18H,1,9-14H2,(H,40,42)(H2,38,39,43). The highest BCUT2D eigenvalue weighted by Crippen LogP contribution is 2.37. The zero-order valence-corrected chi connectivity index (χ0v) is 25.0. The lowest BCUT2D eigenvalue weighted by atomic mass is 10.2. The number of carbonyl (C=O) groups excluding carboxylic acids is 2. The van der Waals surface area contributed by atoms with Crippen LogP contribution in [-0.2, 0) is 15.7 Å². The maximum absolute atomic E-state index is 13.1. The quantitative estimate of drug-likeness (QED) is 0.164. The molecule has 0 bridgehead atoms. The maximum Gasteiger partial charge on any atom is 0.417 e.